The Kier molecular flexibility index (Phi) is 4.42. The third kappa shape index (κ3) is 3.51. The van der Waals surface area contributed by atoms with Gasteiger partial charge < -0.3 is 15.2 Å². The van der Waals surface area contributed by atoms with Crippen molar-refractivity contribution in [3.63, 3.8) is 0 Å². The lowest BCUT2D eigenvalue weighted by molar-refractivity contribution is 0.0697. The number of methoxy groups -OCH3 is 1. The quantitative estimate of drug-likeness (QED) is 0.882. The summed E-state index contributed by atoms with van der Waals surface area (Å²) in [6.45, 7) is 3.88. The predicted molar refractivity (Wildman–Crippen MR) is 81.9 cm³/mol. The van der Waals surface area contributed by atoms with Crippen LogP contribution < -0.4 is 10.1 Å². The summed E-state index contributed by atoms with van der Waals surface area (Å²) in [4.78, 5) is 15.7. The molecule has 0 spiro atoms. The molecule has 0 aliphatic heterocycles. The smallest absolute Gasteiger partial charge is 0.339 e. The Morgan fingerprint density at radius 1 is 1.19 bits per heavy atom. The molecule has 0 saturated heterocycles. The summed E-state index contributed by atoms with van der Waals surface area (Å²) in [5.41, 5.74) is 1.78. The number of carboxylic acids is 1. The number of nitrogens with one attached hydrogen (secondary N) is 1. The fraction of sp³-hybridized carbons (Fsp3) is 0.250. The van der Waals surface area contributed by atoms with Crippen LogP contribution in [-0.4, -0.2) is 29.2 Å². The van der Waals surface area contributed by atoms with E-state index in [0.717, 1.165) is 11.3 Å². The van der Waals surface area contributed by atoms with Crippen molar-refractivity contribution in [1.82, 2.24) is 4.98 Å². The second-order valence-corrected chi connectivity index (χ2v) is 4.93. The SMILES string of the molecule is COc1ccc(-c2ccc(C(=O)O)c(NC(C)C)n2)cc1. The Morgan fingerprint density at radius 3 is 2.38 bits per heavy atom. The van der Waals surface area contributed by atoms with Crippen molar-refractivity contribution in [3.05, 3.63) is 42.0 Å². The van der Waals surface area contributed by atoms with Crippen LogP contribution >= 0.6 is 0 Å². The molecular weight excluding hydrogens is 268 g/mol. The van der Waals surface area contributed by atoms with Gasteiger partial charge >= 0.3 is 5.97 Å². The average molecular weight is 286 g/mol. The van der Waals surface area contributed by atoms with Crippen molar-refractivity contribution in [1.29, 1.82) is 0 Å². The largest absolute Gasteiger partial charge is 0.497 e. The summed E-state index contributed by atoms with van der Waals surface area (Å²) in [7, 11) is 1.61. The van der Waals surface area contributed by atoms with Gasteiger partial charge in [0, 0.05) is 11.6 Å². The number of aromatic carboxylic acids is 1. The fourth-order valence-corrected chi connectivity index (χ4v) is 1.94. The number of nitrogens with zero attached hydrogens (tertiary/aromatic N) is 1. The second-order valence-electron chi connectivity index (χ2n) is 4.93. The molecule has 0 bridgehead atoms. The van der Waals surface area contributed by atoms with E-state index in [1.165, 1.54) is 0 Å². The summed E-state index contributed by atoms with van der Waals surface area (Å²) in [5.74, 6) is 0.152. The van der Waals surface area contributed by atoms with Gasteiger partial charge in [-0.05, 0) is 50.2 Å². The first-order valence-electron chi connectivity index (χ1n) is 6.66. The third-order valence-electron chi connectivity index (χ3n) is 2.94. The van der Waals surface area contributed by atoms with Crippen LogP contribution in [0.2, 0.25) is 0 Å². The molecule has 0 atom stereocenters. The van der Waals surface area contributed by atoms with E-state index < -0.39 is 5.97 Å². The number of rotatable bonds is 5. The zero-order valence-corrected chi connectivity index (χ0v) is 12.3. The van der Waals surface area contributed by atoms with Gasteiger partial charge in [0.15, 0.2) is 0 Å². The number of hydrogen-bond donors (Lipinski definition) is 2. The minimum atomic E-state index is -0.994. The van der Waals surface area contributed by atoms with Gasteiger partial charge in [-0.25, -0.2) is 9.78 Å². The van der Waals surface area contributed by atoms with Gasteiger partial charge in [0.2, 0.25) is 0 Å². The van der Waals surface area contributed by atoms with E-state index in [-0.39, 0.29) is 11.6 Å². The summed E-state index contributed by atoms with van der Waals surface area (Å²) >= 11 is 0. The lowest BCUT2D eigenvalue weighted by Gasteiger charge is -2.13. The molecule has 0 radical (unpaired) electrons. The molecule has 1 heterocycles. The number of aromatic nitrogens is 1. The van der Waals surface area contributed by atoms with Gasteiger partial charge in [0.1, 0.15) is 17.1 Å². The summed E-state index contributed by atoms with van der Waals surface area (Å²) in [6, 6.07) is 10.8. The van der Waals surface area contributed by atoms with Gasteiger partial charge in [-0.2, -0.15) is 0 Å². The zero-order valence-electron chi connectivity index (χ0n) is 12.3. The van der Waals surface area contributed by atoms with Crippen molar-refractivity contribution in [3.8, 4) is 17.0 Å². The maximum absolute atomic E-state index is 11.2. The van der Waals surface area contributed by atoms with Crippen LogP contribution in [0.3, 0.4) is 0 Å². The molecule has 2 rings (SSSR count). The molecular formula is C16H18N2O3. The van der Waals surface area contributed by atoms with E-state index in [1.807, 2.05) is 38.1 Å². The van der Waals surface area contributed by atoms with Crippen LogP contribution in [0.25, 0.3) is 11.3 Å². The minimum absolute atomic E-state index is 0.0988. The van der Waals surface area contributed by atoms with E-state index in [1.54, 1.807) is 19.2 Å². The molecule has 0 saturated carbocycles. The molecule has 0 amide bonds. The first-order chi connectivity index (χ1) is 10.0. The molecule has 2 N–H and O–H groups in total. The van der Waals surface area contributed by atoms with E-state index in [9.17, 15) is 9.90 Å². The highest BCUT2D eigenvalue weighted by Crippen LogP contribution is 2.24. The highest BCUT2D eigenvalue weighted by molar-refractivity contribution is 5.93. The number of benzene rings is 1. The topological polar surface area (TPSA) is 71.5 Å². The molecule has 110 valence electrons. The number of ether oxygens (including phenoxy) is 1. The van der Waals surface area contributed by atoms with Crippen molar-refractivity contribution >= 4 is 11.8 Å². The monoisotopic (exact) mass is 286 g/mol. The van der Waals surface area contributed by atoms with Gasteiger partial charge in [-0.3, -0.25) is 0 Å². The first-order valence-corrected chi connectivity index (χ1v) is 6.66. The lowest BCUT2D eigenvalue weighted by atomic mass is 10.1. The van der Waals surface area contributed by atoms with Crippen LogP contribution in [0.1, 0.15) is 24.2 Å². The lowest BCUT2D eigenvalue weighted by Crippen LogP contribution is -2.15. The highest BCUT2D eigenvalue weighted by atomic mass is 16.5. The Bertz CT molecular complexity index is 636. The molecule has 5 nitrogen and oxygen atoms in total. The number of carboxylic acid groups (broad SMARTS) is 1. The Morgan fingerprint density at radius 2 is 1.86 bits per heavy atom. The molecule has 0 fully saturated rings. The molecule has 2 aromatic rings. The molecule has 5 heteroatoms. The van der Waals surface area contributed by atoms with Gasteiger partial charge in [0.05, 0.1) is 12.8 Å². The van der Waals surface area contributed by atoms with E-state index in [0.29, 0.717) is 11.5 Å². The Labute approximate surface area is 123 Å². The van der Waals surface area contributed by atoms with E-state index >= 15 is 0 Å². The van der Waals surface area contributed by atoms with Crippen molar-refractivity contribution in [2.45, 2.75) is 19.9 Å². The van der Waals surface area contributed by atoms with E-state index in [4.69, 9.17) is 4.74 Å². The molecule has 0 aliphatic carbocycles. The summed E-state index contributed by atoms with van der Waals surface area (Å²) in [6.07, 6.45) is 0. The van der Waals surface area contributed by atoms with Crippen LogP contribution in [0.4, 0.5) is 5.82 Å². The number of anilines is 1. The maximum atomic E-state index is 11.2. The fourth-order valence-electron chi connectivity index (χ4n) is 1.94. The average Bonchev–Trinajstić information content (AvgIpc) is 2.46. The van der Waals surface area contributed by atoms with E-state index in [2.05, 4.69) is 10.3 Å². The maximum Gasteiger partial charge on any atom is 0.339 e. The summed E-state index contributed by atoms with van der Waals surface area (Å²) in [5, 5.41) is 12.3. The number of hydrogen-bond acceptors (Lipinski definition) is 4. The number of pyridine rings is 1. The molecule has 21 heavy (non-hydrogen) atoms. The molecule has 1 aromatic heterocycles. The number of carbonyl (C=O) groups is 1. The van der Waals surface area contributed by atoms with Crippen LogP contribution in [0, 0.1) is 0 Å². The van der Waals surface area contributed by atoms with Gasteiger partial charge in [-0.15, -0.1) is 0 Å². The normalized spacial score (nSPS) is 10.5. The Hall–Kier alpha value is -2.56. The standard InChI is InChI=1S/C16H18N2O3/c1-10(2)17-15-13(16(19)20)8-9-14(18-15)11-4-6-12(21-3)7-5-11/h4-10H,1-3H3,(H,17,18)(H,19,20). The van der Waals surface area contributed by atoms with Gasteiger partial charge in [-0.1, -0.05) is 0 Å². The molecule has 1 aromatic carbocycles. The molecule has 0 aliphatic rings. The minimum Gasteiger partial charge on any atom is -0.497 e. The van der Waals surface area contributed by atoms with Crippen LogP contribution in [0.15, 0.2) is 36.4 Å². The van der Waals surface area contributed by atoms with Crippen molar-refractivity contribution in [2.24, 2.45) is 0 Å². The zero-order chi connectivity index (χ0) is 15.4. The highest BCUT2D eigenvalue weighted by Gasteiger charge is 2.14. The third-order valence-corrected chi connectivity index (χ3v) is 2.94. The van der Waals surface area contributed by atoms with Gasteiger partial charge in [0.25, 0.3) is 0 Å². The predicted octanol–water partition coefficient (Wildman–Crippen LogP) is 3.28. The Balaban J connectivity index is 2.42. The van der Waals surface area contributed by atoms with Crippen molar-refractivity contribution < 1.29 is 14.6 Å². The van der Waals surface area contributed by atoms with Crippen LogP contribution in [0.5, 0.6) is 5.75 Å². The first kappa shape index (κ1) is 14.8. The molecule has 0 unspecified atom stereocenters. The van der Waals surface area contributed by atoms with Crippen LogP contribution in [-0.2, 0) is 0 Å². The van der Waals surface area contributed by atoms with Crippen molar-refractivity contribution in [2.75, 3.05) is 12.4 Å². The summed E-state index contributed by atoms with van der Waals surface area (Å²) < 4.78 is 5.12. The second kappa shape index (κ2) is 6.26.